The molecule has 0 fully saturated rings. The second kappa shape index (κ2) is 11.4. The van der Waals surface area contributed by atoms with Crippen LogP contribution in [0.25, 0.3) is 33.0 Å². The maximum Gasteiger partial charge on any atom is 0.0543 e. The summed E-state index contributed by atoms with van der Waals surface area (Å²) in [5, 5.41) is 2.51. The Labute approximate surface area is 284 Å². The van der Waals surface area contributed by atoms with E-state index in [2.05, 4.69) is 170 Å². The van der Waals surface area contributed by atoms with Gasteiger partial charge >= 0.3 is 0 Å². The van der Waals surface area contributed by atoms with Crippen LogP contribution in [0, 0.1) is 0 Å². The molecule has 12 rings (SSSR count). The molecule has 0 saturated heterocycles. The fourth-order valence-corrected chi connectivity index (χ4v) is 8.12. The molecule has 4 bridgehead atoms. The van der Waals surface area contributed by atoms with Crippen molar-refractivity contribution >= 4 is 27.8 Å². The zero-order valence-electron chi connectivity index (χ0n) is 27.7. The minimum absolute atomic E-state index is 0.113. The van der Waals surface area contributed by atoms with E-state index < -0.39 is 0 Å². The highest BCUT2D eigenvalue weighted by atomic mass is 15.1. The Morgan fingerprint density at radius 1 is 0.438 bits per heavy atom. The minimum Gasteiger partial charge on any atom is -0.310 e. The minimum atomic E-state index is -0.113. The van der Waals surface area contributed by atoms with E-state index in [1.807, 2.05) is 0 Å². The van der Waals surface area contributed by atoms with Gasteiger partial charge in [-0.15, -0.1) is 0 Å². The molecule has 0 radical (unpaired) electrons. The third-order valence-corrected chi connectivity index (χ3v) is 10.8. The molecule has 1 nitrogen and oxygen atoms in total. The Balaban J connectivity index is 1.33. The van der Waals surface area contributed by atoms with Crippen LogP contribution >= 0.6 is 0 Å². The van der Waals surface area contributed by atoms with E-state index in [9.17, 15) is 0 Å². The van der Waals surface area contributed by atoms with Gasteiger partial charge in [0.25, 0.3) is 0 Å². The van der Waals surface area contributed by atoms with Crippen LogP contribution in [0.2, 0.25) is 0 Å². The van der Waals surface area contributed by atoms with Gasteiger partial charge in [0.15, 0.2) is 0 Å². The highest BCUT2D eigenvalue weighted by Crippen LogP contribution is 2.54. The molecule has 232 valence electrons. The first-order chi connectivity index (χ1) is 23.5. The summed E-state index contributed by atoms with van der Waals surface area (Å²) in [6, 6.07) is 57.3. The maximum atomic E-state index is 2.58. The summed E-state index contributed by atoms with van der Waals surface area (Å²) in [5.74, 6) is 0. The van der Waals surface area contributed by atoms with Crippen molar-refractivity contribution in [3.05, 3.63) is 185 Å². The smallest absolute Gasteiger partial charge is 0.0543 e. The lowest BCUT2D eigenvalue weighted by Crippen LogP contribution is -2.18. The number of hydrogen-bond donors (Lipinski definition) is 0. The molecule has 48 heavy (non-hydrogen) atoms. The predicted octanol–water partition coefficient (Wildman–Crippen LogP) is 12.2. The van der Waals surface area contributed by atoms with Crippen molar-refractivity contribution in [3.8, 4) is 22.3 Å². The summed E-state index contributed by atoms with van der Waals surface area (Å²) in [7, 11) is 0. The SMILES string of the molecule is CC1(C)c2ccccc2-c2cc(-c3ccccc3)c(N(c3ccc4ccccc4c3)c3cc4ccc3CCc3ccc(cc3)CC4)cc21. The van der Waals surface area contributed by atoms with Crippen molar-refractivity contribution in [1.29, 1.82) is 0 Å². The highest BCUT2D eigenvalue weighted by molar-refractivity contribution is 5.97. The number of nitrogens with zero attached hydrogens (tertiary/aromatic N) is 1. The molecule has 7 aromatic rings. The Bertz CT molecular complexity index is 2310. The molecule has 0 atom stereocenters. The van der Waals surface area contributed by atoms with Crippen LogP contribution in [0.4, 0.5) is 17.1 Å². The van der Waals surface area contributed by atoms with Gasteiger partial charge in [0.05, 0.1) is 5.69 Å². The highest BCUT2D eigenvalue weighted by Gasteiger charge is 2.37. The third-order valence-electron chi connectivity index (χ3n) is 10.8. The number of aryl methyl sites for hydroxylation is 4. The van der Waals surface area contributed by atoms with Gasteiger partial charge in [-0.3, -0.25) is 0 Å². The molecule has 0 heterocycles. The molecular weight excluding hydrogens is 579 g/mol. The standard InChI is InChI=1S/C47H39N/c1-47(2)43-15-9-8-14-40(43)42-30-41(36-11-4-3-5-12-36)46(31-44(42)47)48(39-27-26-35-10-6-7-13-38(35)29-39)45-28-34-21-20-32-16-18-33(19-17-32)22-24-37(45)25-23-34/h3-19,23,25-31H,20-22,24H2,1-2H3. The normalized spacial score (nSPS) is 14.3. The monoisotopic (exact) mass is 617 g/mol. The summed E-state index contributed by atoms with van der Waals surface area (Å²) in [6.07, 6.45) is 4.03. The van der Waals surface area contributed by atoms with E-state index in [1.165, 1.54) is 83.5 Å². The molecule has 5 aliphatic rings. The van der Waals surface area contributed by atoms with E-state index >= 15 is 0 Å². The van der Waals surface area contributed by atoms with Crippen LogP contribution in [0.3, 0.4) is 0 Å². The zero-order chi connectivity index (χ0) is 32.2. The van der Waals surface area contributed by atoms with Crippen molar-refractivity contribution in [1.82, 2.24) is 0 Å². The quantitative estimate of drug-likeness (QED) is 0.190. The van der Waals surface area contributed by atoms with Crippen LogP contribution < -0.4 is 4.90 Å². The first-order valence-electron chi connectivity index (χ1n) is 17.4. The molecule has 0 spiro atoms. The molecule has 0 unspecified atom stereocenters. The Morgan fingerprint density at radius 2 is 1.10 bits per heavy atom. The third kappa shape index (κ3) is 4.85. The van der Waals surface area contributed by atoms with Crippen LogP contribution in [0.5, 0.6) is 0 Å². The lowest BCUT2D eigenvalue weighted by Gasteiger charge is -2.32. The summed E-state index contributed by atoms with van der Waals surface area (Å²) in [4.78, 5) is 2.58. The number of fused-ring (bicyclic) bond motifs is 4. The Hall–Kier alpha value is -5.40. The second-order valence-electron chi connectivity index (χ2n) is 14.1. The summed E-state index contributed by atoms with van der Waals surface area (Å²) >= 11 is 0. The largest absolute Gasteiger partial charge is 0.310 e. The Kier molecular flexibility index (Phi) is 6.83. The molecule has 1 heteroatoms. The van der Waals surface area contributed by atoms with Crippen LogP contribution in [0.15, 0.2) is 152 Å². The number of hydrogen-bond acceptors (Lipinski definition) is 1. The van der Waals surface area contributed by atoms with Gasteiger partial charge in [-0.05, 0) is 117 Å². The summed E-state index contributed by atoms with van der Waals surface area (Å²) < 4.78 is 0. The van der Waals surface area contributed by atoms with E-state index in [0.717, 1.165) is 25.7 Å². The lowest BCUT2D eigenvalue weighted by molar-refractivity contribution is 0.660. The Morgan fingerprint density at radius 3 is 1.92 bits per heavy atom. The van der Waals surface area contributed by atoms with E-state index in [-0.39, 0.29) is 5.41 Å². The van der Waals surface area contributed by atoms with Crippen molar-refractivity contribution in [2.45, 2.75) is 44.9 Å². The molecule has 5 aliphatic carbocycles. The molecule has 0 saturated carbocycles. The predicted molar refractivity (Wildman–Crippen MR) is 203 cm³/mol. The fourth-order valence-electron chi connectivity index (χ4n) is 8.12. The molecule has 0 aromatic heterocycles. The van der Waals surface area contributed by atoms with E-state index in [1.54, 1.807) is 0 Å². The van der Waals surface area contributed by atoms with Crippen molar-refractivity contribution in [3.63, 3.8) is 0 Å². The summed E-state index contributed by atoms with van der Waals surface area (Å²) in [5.41, 5.74) is 17.1. The van der Waals surface area contributed by atoms with Crippen LogP contribution in [-0.2, 0) is 31.1 Å². The molecule has 0 aliphatic heterocycles. The van der Waals surface area contributed by atoms with Gasteiger partial charge in [-0.25, -0.2) is 0 Å². The molecule has 0 amide bonds. The van der Waals surface area contributed by atoms with Gasteiger partial charge in [0, 0.05) is 22.4 Å². The second-order valence-corrected chi connectivity index (χ2v) is 14.1. The molecular formula is C47H39N. The fraction of sp³-hybridized carbons (Fsp3) is 0.149. The topological polar surface area (TPSA) is 3.24 Å². The van der Waals surface area contributed by atoms with E-state index in [0.29, 0.717) is 0 Å². The lowest BCUT2D eigenvalue weighted by atomic mass is 9.81. The van der Waals surface area contributed by atoms with Gasteiger partial charge in [-0.1, -0.05) is 135 Å². The molecule has 0 N–H and O–H groups in total. The number of benzene rings is 7. The van der Waals surface area contributed by atoms with Gasteiger partial charge in [0.2, 0.25) is 0 Å². The average Bonchev–Trinajstić information content (AvgIpc) is 3.35. The van der Waals surface area contributed by atoms with Crippen molar-refractivity contribution in [2.75, 3.05) is 4.90 Å². The van der Waals surface area contributed by atoms with Gasteiger partial charge in [-0.2, -0.15) is 0 Å². The van der Waals surface area contributed by atoms with Gasteiger partial charge in [0.1, 0.15) is 0 Å². The maximum absolute atomic E-state index is 2.58. The number of rotatable bonds is 4. The number of anilines is 3. The van der Waals surface area contributed by atoms with Crippen molar-refractivity contribution < 1.29 is 0 Å². The van der Waals surface area contributed by atoms with Gasteiger partial charge < -0.3 is 4.90 Å². The van der Waals surface area contributed by atoms with Crippen molar-refractivity contribution in [2.24, 2.45) is 0 Å². The first-order valence-corrected chi connectivity index (χ1v) is 17.4. The van der Waals surface area contributed by atoms with E-state index in [4.69, 9.17) is 0 Å². The van der Waals surface area contributed by atoms with Crippen LogP contribution in [0.1, 0.15) is 47.2 Å². The average molecular weight is 618 g/mol. The first kappa shape index (κ1) is 28.8. The zero-order valence-corrected chi connectivity index (χ0v) is 27.7. The molecule has 7 aromatic carbocycles. The van der Waals surface area contributed by atoms with Crippen LogP contribution in [-0.4, -0.2) is 0 Å². The summed E-state index contributed by atoms with van der Waals surface area (Å²) in [6.45, 7) is 4.78.